The highest BCUT2D eigenvalue weighted by Gasteiger charge is 2.17. The number of carboxylic acid groups (broad SMARTS) is 1. The topological polar surface area (TPSA) is 75.6 Å². The molecular weight excluding hydrogens is 246 g/mol. The number of carboxylic acids is 1. The Hall–Kier alpha value is -2.04. The molecule has 0 bridgehead atoms. The molecule has 0 atom stereocenters. The van der Waals surface area contributed by atoms with Crippen LogP contribution in [0.2, 0.25) is 0 Å². The van der Waals surface area contributed by atoms with Crippen molar-refractivity contribution in [1.29, 1.82) is 0 Å². The molecule has 0 aromatic heterocycles. The SMILES string of the molecule is CC(C)(C)CC(=O)Nc1ccccc1OCC(=O)O. The van der Waals surface area contributed by atoms with Crippen molar-refractivity contribution in [2.24, 2.45) is 5.41 Å². The number of aliphatic carboxylic acids is 1. The largest absolute Gasteiger partial charge is 0.480 e. The minimum absolute atomic E-state index is 0.110. The molecule has 1 aromatic carbocycles. The Morgan fingerprint density at radius 3 is 2.47 bits per heavy atom. The first-order valence-corrected chi connectivity index (χ1v) is 6.01. The van der Waals surface area contributed by atoms with Crippen LogP contribution in [0.15, 0.2) is 24.3 Å². The first-order chi connectivity index (χ1) is 8.78. The van der Waals surface area contributed by atoms with Crippen molar-refractivity contribution < 1.29 is 19.4 Å². The molecule has 5 heteroatoms. The van der Waals surface area contributed by atoms with Crippen LogP contribution >= 0.6 is 0 Å². The van der Waals surface area contributed by atoms with Gasteiger partial charge in [0.15, 0.2) is 6.61 Å². The number of carbonyl (C=O) groups is 2. The maximum Gasteiger partial charge on any atom is 0.341 e. The molecule has 1 aromatic rings. The van der Waals surface area contributed by atoms with Crippen LogP contribution in [0.5, 0.6) is 5.75 Å². The lowest BCUT2D eigenvalue weighted by atomic mass is 9.92. The molecule has 0 heterocycles. The molecule has 19 heavy (non-hydrogen) atoms. The minimum Gasteiger partial charge on any atom is -0.480 e. The Balaban J connectivity index is 2.72. The zero-order valence-electron chi connectivity index (χ0n) is 11.4. The second-order valence-electron chi connectivity index (χ2n) is 5.46. The fraction of sp³-hybridized carbons (Fsp3) is 0.429. The van der Waals surface area contributed by atoms with E-state index in [-0.39, 0.29) is 11.3 Å². The van der Waals surface area contributed by atoms with Gasteiger partial charge in [0, 0.05) is 6.42 Å². The number of rotatable bonds is 5. The highest BCUT2D eigenvalue weighted by molar-refractivity contribution is 5.92. The Bertz CT molecular complexity index is 463. The molecule has 1 amide bonds. The third-order valence-electron chi connectivity index (χ3n) is 2.20. The molecule has 5 nitrogen and oxygen atoms in total. The number of hydrogen-bond acceptors (Lipinski definition) is 3. The van der Waals surface area contributed by atoms with E-state index in [4.69, 9.17) is 9.84 Å². The van der Waals surface area contributed by atoms with Crippen LogP contribution in [0.1, 0.15) is 27.2 Å². The van der Waals surface area contributed by atoms with E-state index in [1.807, 2.05) is 20.8 Å². The van der Waals surface area contributed by atoms with Crippen molar-refractivity contribution in [2.45, 2.75) is 27.2 Å². The van der Waals surface area contributed by atoms with Crippen LogP contribution in [-0.4, -0.2) is 23.6 Å². The smallest absolute Gasteiger partial charge is 0.341 e. The van der Waals surface area contributed by atoms with Crippen molar-refractivity contribution in [3.8, 4) is 5.75 Å². The summed E-state index contributed by atoms with van der Waals surface area (Å²) in [5, 5.41) is 11.3. The first-order valence-electron chi connectivity index (χ1n) is 6.01. The molecule has 0 aliphatic carbocycles. The van der Waals surface area contributed by atoms with Gasteiger partial charge in [0.2, 0.25) is 5.91 Å². The van der Waals surface area contributed by atoms with E-state index in [1.165, 1.54) is 0 Å². The normalized spacial score (nSPS) is 10.9. The van der Waals surface area contributed by atoms with Crippen molar-refractivity contribution in [3.63, 3.8) is 0 Å². The Morgan fingerprint density at radius 1 is 1.26 bits per heavy atom. The number of ether oxygens (including phenoxy) is 1. The quantitative estimate of drug-likeness (QED) is 0.857. The maximum absolute atomic E-state index is 11.8. The summed E-state index contributed by atoms with van der Waals surface area (Å²) in [7, 11) is 0. The number of anilines is 1. The van der Waals surface area contributed by atoms with Crippen molar-refractivity contribution in [1.82, 2.24) is 0 Å². The fourth-order valence-electron chi connectivity index (χ4n) is 1.51. The summed E-state index contributed by atoms with van der Waals surface area (Å²) in [6.07, 6.45) is 0.375. The lowest BCUT2D eigenvalue weighted by Crippen LogP contribution is -2.20. The summed E-state index contributed by atoms with van der Waals surface area (Å²) in [5.41, 5.74) is 0.374. The van der Waals surface area contributed by atoms with Crippen LogP contribution in [0.25, 0.3) is 0 Å². The molecule has 0 saturated carbocycles. The van der Waals surface area contributed by atoms with Gasteiger partial charge in [-0.25, -0.2) is 4.79 Å². The predicted octanol–water partition coefficient (Wildman–Crippen LogP) is 2.52. The third-order valence-corrected chi connectivity index (χ3v) is 2.20. The van der Waals surface area contributed by atoms with Crippen molar-refractivity contribution in [2.75, 3.05) is 11.9 Å². The van der Waals surface area contributed by atoms with Gasteiger partial charge in [-0.3, -0.25) is 4.79 Å². The van der Waals surface area contributed by atoms with E-state index < -0.39 is 12.6 Å². The van der Waals surface area contributed by atoms with E-state index in [0.717, 1.165) is 0 Å². The third kappa shape index (κ3) is 5.90. The van der Waals surface area contributed by atoms with E-state index >= 15 is 0 Å². The number of amides is 1. The lowest BCUT2D eigenvalue weighted by molar-refractivity contribution is -0.139. The van der Waals surface area contributed by atoms with Crippen molar-refractivity contribution in [3.05, 3.63) is 24.3 Å². The second kappa shape index (κ2) is 6.22. The molecule has 2 N–H and O–H groups in total. The van der Waals surface area contributed by atoms with Crippen LogP contribution in [0.3, 0.4) is 0 Å². The zero-order chi connectivity index (χ0) is 14.5. The fourth-order valence-corrected chi connectivity index (χ4v) is 1.51. The average Bonchev–Trinajstić information content (AvgIpc) is 2.25. The number of para-hydroxylation sites is 2. The van der Waals surface area contributed by atoms with Gasteiger partial charge in [-0.15, -0.1) is 0 Å². The van der Waals surface area contributed by atoms with Gasteiger partial charge in [0.05, 0.1) is 5.69 Å². The standard InChI is InChI=1S/C14H19NO4/c1-14(2,3)8-12(16)15-10-6-4-5-7-11(10)19-9-13(17)18/h4-7H,8-9H2,1-3H3,(H,15,16)(H,17,18). The highest BCUT2D eigenvalue weighted by atomic mass is 16.5. The van der Waals surface area contributed by atoms with Crippen LogP contribution < -0.4 is 10.1 Å². The van der Waals surface area contributed by atoms with E-state index in [1.54, 1.807) is 24.3 Å². The van der Waals surface area contributed by atoms with Gasteiger partial charge < -0.3 is 15.2 Å². The Morgan fingerprint density at radius 2 is 1.89 bits per heavy atom. The molecular formula is C14H19NO4. The summed E-state index contributed by atoms with van der Waals surface area (Å²) in [6.45, 7) is 5.48. The van der Waals surface area contributed by atoms with Crippen LogP contribution in [-0.2, 0) is 9.59 Å². The molecule has 104 valence electrons. The minimum atomic E-state index is -1.06. The summed E-state index contributed by atoms with van der Waals surface area (Å²) in [5.74, 6) is -0.832. The predicted molar refractivity (Wildman–Crippen MR) is 72.3 cm³/mol. The molecule has 1 rings (SSSR count). The second-order valence-corrected chi connectivity index (χ2v) is 5.46. The van der Waals surface area contributed by atoms with Gasteiger partial charge in [-0.05, 0) is 17.5 Å². The van der Waals surface area contributed by atoms with E-state index in [9.17, 15) is 9.59 Å². The molecule has 0 radical (unpaired) electrons. The first kappa shape index (κ1) is 15.0. The van der Waals surface area contributed by atoms with E-state index in [2.05, 4.69) is 5.32 Å². The molecule has 0 saturated heterocycles. The van der Waals surface area contributed by atoms with E-state index in [0.29, 0.717) is 17.9 Å². The van der Waals surface area contributed by atoms with Gasteiger partial charge >= 0.3 is 5.97 Å². The van der Waals surface area contributed by atoms with Crippen molar-refractivity contribution >= 4 is 17.6 Å². The summed E-state index contributed by atoms with van der Waals surface area (Å²) >= 11 is 0. The van der Waals surface area contributed by atoms with Gasteiger partial charge in [0.1, 0.15) is 5.75 Å². The van der Waals surface area contributed by atoms with Gasteiger partial charge in [-0.1, -0.05) is 32.9 Å². The number of benzene rings is 1. The molecule has 0 unspecified atom stereocenters. The highest BCUT2D eigenvalue weighted by Crippen LogP contribution is 2.25. The Labute approximate surface area is 112 Å². The molecule has 0 aliphatic rings. The summed E-state index contributed by atoms with van der Waals surface area (Å²) < 4.78 is 5.12. The Kier molecular flexibility index (Phi) is 4.92. The van der Waals surface area contributed by atoms with Crippen LogP contribution in [0.4, 0.5) is 5.69 Å². The maximum atomic E-state index is 11.8. The van der Waals surface area contributed by atoms with Gasteiger partial charge in [-0.2, -0.15) is 0 Å². The summed E-state index contributed by atoms with van der Waals surface area (Å²) in [6, 6.07) is 6.77. The summed E-state index contributed by atoms with van der Waals surface area (Å²) in [4.78, 5) is 22.3. The molecule has 0 fully saturated rings. The average molecular weight is 265 g/mol. The molecule has 0 spiro atoms. The number of carbonyl (C=O) groups excluding carboxylic acids is 1. The van der Waals surface area contributed by atoms with Gasteiger partial charge in [0.25, 0.3) is 0 Å². The monoisotopic (exact) mass is 265 g/mol. The number of nitrogens with one attached hydrogen (secondary N) is 1. The zero-order valence-corrected chi connectivity index (χ0v) is 11.4. The lowest BCUT2D eigenvalue weighted by Gasteiger charge is -2.18. The van der Waals surface area contributed by atoms with Crippen LogP contribution in [0, 0.1) is 5.41 Å². The number of hydrogen-bond donors (Lipinski definition) is 2. The molecule has 0 aliphatic heterocycles.